The highest BCUT2D eigenvalue weighted by Gasteiger charge is 2.53. The molecule has 0 aromatic heterocycles. The maximum atomic E-state index is 2.60. The van der Waals surface area contributed by atoms with E-state index in [1.54, 1.807) is 0 Å². The molecular weight excluding hydrogens is 239 g/mol. The number of fused-ring (bicyclic) bond motifs is 2. The summed E-state index contributed by atoms with van der Waals surface area (Å²) in [5.74, 6) is 4.70. The van der Waals surface area contributed by atoms with Crippen LogP contribution in [0.25, 0.3) is 0 Å². The average Bonchev–Trinajstić information content (AvgIpc) is 2.36. The molecule has 0 heterocycles. The lowest BCUT2D eigenvalue weighted by Crippen LogP contribution is -2.52. The van der Waals surface area contributed by atoms with Gasteiger partial charge in [0.15, 0.2) is 0 Å². The van der Waals surface area contributed by atoms with E-state index in [1.165, 1.54) is 32.0 Å². The number of hydrogen-bond donors (Lipinski definition) is 0. The van der Waals surface area contributed by atoms with Crippen LogP contribution in [-0.2, 0) is 0 Å². The lowest BCUT2D eigenvalue weighted by atomic mass is 9.43. The molecule has 1 radical (unpaired) electrons. The zero-order valence-corrected chi connectivity index (χ0v) is 15.0. The molecule has 0 aromatic carbocycles. The molecule has 0 aliphatic heterocycles. The van der Waals surface area contributed by atoms with Crippen molar-refractivity contribution >= 4 is 7.28 Å². The molecule has 115 valence electrons. The summed E-state index contributed by atoms with van der Waals surface area (Å²) in [7, 11) is 2.60. The highest BCUT2D eigenvalue weighted by molar-refractivity contribution is 6.39. The second kappa shape index (κ2) is 5.69. The van der Waals surface area contributed by atoms with E-state index in [0.717, 1.165) is 29.6 Å². The molecule has 0 spiro atoms. The molecule has 0 nitrogen and oxygen atoms in total. The van der Waals surface area contributed by atoms with E-state index in [9.17, 15) is 0 Å². The van der Waals surface area contributed by atoms with Crippen LogP contribution in [0, 0.1) is 35.0 Å². The summed E-state index contributed by atoms with van der Waals surface area (Å²) in [6, 6.07) is 0. The summed E-state index contributed by atoms with van der Waals surface area (Å²) in [5, 5.41) is 0.391. The number of hydrogen-bond acceptors (Lipinski definition) is 0. The van der Waals surface area contributed by atoms with Gasteiger partial charge >= 0.3 is 0 Å². The second-order valence-corrected chi connectivity index (χ2v) is 9.45. The van der Waals surface area contributed by atoms with Crippen LogP contribution in [0.4, 0.5) is 0 Å². The van der Waals surface area contributed by atoms with Crippen molar-refractivity contribution in [3.63, 3.8) is 0 Å². The van der Waals surface area contributed by atoms with Crippen LogP contribution in [0.15, 0.2) is 0 Å². The molecule has 0 amide bonds. The van der Waals surface area contributed by atoms with Gasteiger partial charge in [0, 0.05) is 0 Å². The standard InChI is InChI=1S/C19H36B/c1-13(2)19(6,7)20-12-14(3)10-15-8-9-16-11-17(15)18(16,4)5/h13-17H,8-12H2,1-7H3/t14?,15-,16-,17-/m1/s1. The predicted molar refractivity (Wildman–Crippen MR) is 91.3 cm³/mol. The van der Waals surface area contributed by atoms with E-state index in [2.05, 4.69) is 55.7 Å². The Morgan fingerprint density at radius 1 is 1.15 bits per heavy atom. The molecule has 3 fully saturated rings. The van der Waals surface area contributed by atoms with Crippen molar-refractivity contribution in [2.24, 2.45) is 35.0 Å². The highest BCUT2D eigenvalue weighted by Crippen LogP contribution is 2.62. The van der Waals surface area contributed by atoms with E-state index in [-0.39, 0.29) is 0 Å². The Hall–Kier alpha value is 0.0649. The van der Waals surface area contributed by atoms with Gasteiger partial charge in [-0.05, 0) is 54.8 Å². The summed E-state index contributed by atoms with van der Waals surface area (Å²) in [5.41, 5.74) is 0.656. The van der Waals surface area contributed by atoms with Gasteiger partial charge in [-0.1, -0.05) is 66.0 Å². The highest BCUT2D eigenvalue weighted by atomic mass is 14.6. The van der Waals surface area contributed by atoms with Crippen LogP contribution in [0.1, 0.15) is 74.1 Å². The first-order chi connectivity index (χ1) is 9.14. The zero-order valence-electron chi connectivity index (χ0n) is 15.0. The Morgan fingerprint density at radius 3 is 2.30 bits per heavy atom. The largest absolute Gasteiger partial charge is 0.117 e. The van der Waals surface area contributed by atoms with Crippen molar-refractivity contribution in [2.75, 3.05) is 0 Å². The Labute approximate surface area is 128 Å². The fraction of sp³-hybridized carbons (Fsp3) is 1.00. The van der Waals surface area contributed by atoms with Gasteiger partial charge in [-0.25, -0.2) is 0 Å². The van der Waals surface area contributed by atoms with Crippen molar-refractivity contribution in [1.29, 1.82) is 0 Å². The maximum Gasteiger partial charge on any atom is 0.117 e. The molecule has 0 saturated heterocycles. The molecule has 1 heteroatoms. The summed E-state index contributed by atoms with van der Waals surface area (Å²) >= 11 is 0. The average molecular weight is 275 g/mol. The smallest absolute Gasteiger partial charge is 0.0771 e. The Balaban J connectivity index is 1.79. The quantitative estimate of drug-likeness (QED) is 0.517. The third kappa shape index (κ3) is 3.12. The Morgan fingerprint density at radius 2 is 1.80 bits per heavy atom. The van der Waals surface area contributed by atoms with Crippen LogP contribution >= 0.6 is 0 Å². The van der Waals surface area contributed by atoms with Crippen molar-refractivity contribution in [3.05, 3.63) is 0 Å². The van der Waals surface area contributed by atoms with E-state index >= 15 is 0 Å². The van der Waals surface area contributed by atoms with Gasteiger partial charge in [-0.2, -0.15) is 0 Å². The number of rotatable bonds is 6. The van der Waals surface area contributed by atoms with E-state index in [1.807, 2.05) is 0 Å². The van der Waals surface area contributed by atoms with Gasteiger partial charge in [-0.15, -0.1) is 0 Å². The first-order valence-corrected chi connectivity index (χ1v) is 8.99. The van der Waals surface area contributed by atoms with Gasteiger partial charge in [0.05, 0.1) is 0 Å². The minimum absolute atomic E-state index is 0.391. The lowest BCUT2D eigenvalue weighted by Gasteiger charge is -2.60. The van der Waals surface area contributed by atoms with Crippen LogP contribution in [0.2, 0.25) is 11.6 Å². The molecule has 3 saturated carbocycles. The Bertz CT molecular complexity index is 327. The predicted octanol–water partition coefficient (Wildman–Crippen LogP) is 6.06. The zero-order chi connectivity index (χ0) is 15.1. The molecule has 3 rings (SSSR count). The first kappa shape index (κ1) is 16.4. The molecule has 2 bridgehead atoms. The first-order valence-electron chi connectivity index (χ1n) is 8.99. The molecule has 1 unspecified atom stereocenters. The van der Waals surface area contributed by atoms with Crippen LogP contribution in [0.3, 0.4) is 0 Å². The topological polar surface area (TPSA) is 0 Å². The Kier molecular flexibility index (Phi) is 4.68. The second-order valence-electron chi connectivity index (χ2n) is 9.45. The van der Waals surface area contributed by atoms with Crippen molar-refractivity contribution in [2.45, 2.75) is 85.8 Å². The third-order valence-electron chi connectivity index (χ3n) is 7.24. The van der Waals surface area contributed by atoms with Gasteiger partial charge in [0.1, 0.15) is 7.28 Å². The molecule has 0 N–H and O–H groups in total. The van der Waals surface area contributed by atoms with Gasteiger partial charge in [0.25, 0.3) is 0 Å². The minimum Gasteiger partial charge on any atom is -0.0771 e. The minimum atomic E-state index is 0.391. The fourth-order valence-electron chi connectivity index (χ4n) is 4.60. The summed E-state index contributed by atoms with van der Waals surface area (Å²) in [6.45, 7) is 17.0. The fourth-order valence-corrected chi connectivity index (χ4v) is 4.60. The van der Waals surface area contributed by atoms with Crippen LogP contribution < -0.4 is 0 Å². The van der Waals surface area contributed by atoms with E-state index in [4.69, 9.17) is 0 Å². The van der Waals surface area contributed by atoms with Crippen molar-refractivity contribution in [1.82, 2.24) is 0 Å². The van der Waals surface area contributed by atoms with Gasteiger partial charge < -0.3 is 0 Å². The SMILES string of the molecule is CC(C[B]C(C)(C)C(C)C)C[C@H]1CC[C@@H]2C[C@H]1C2(C)C. The maximum absolute atomic E-state index is 2.60. The van der Waals surface area contributed by atoms with E-state index in [0.29, 0.717) is 10.7 Å². The molecule has 3 aliphatic carbocycles. The van der Waals surface area contributed by atoms with Crippen LogP contribution in [-0.4, -0.2) is 7.28 Å². The monoisotopic (exact) mass is 275 g/mol. The molecule has 20 heavy (non-hydrogen) atoms. The van der Waals surface area contributed by atoms with Crippen molar-refractivity contribution < 1.29 is 0 Å². The normalized spacial score (nSPS) is 33.7. The van der Waals surface area contributed by atoms with Gasteiger partial charge in [0.2, 0.25) is 0 Å². The molecule has 0 aromatic rings. The summed E-state index contributed by atoms with van der Waals surface area (Å²) < 4.78 is 0. The van der Waals surface area contributed by atoms with Gasteiger partial charge in [-0.3, -0.25) is 0 Å². The lowest BCUT2D eigenvalue weighted by molar-refractivity contribution is -0.109. The summed E-state index contributed by atoms with van der Waals surface area (Å²) in [4.78, 5) is 0. The summed E-state index contributed by atoms with van der Waals surface area (Å²) in [6.07, 6.45) is 7.31. The third-order valence-corrected chi connectivity index (χ3v) is 7.24. The molecular formula is C19H36B. The molecule has 4 atom stereocenters. The van der Waals surface area contributed by atoms with Crippen molar-refractivity contribution in [3.8, 4) is 0 Å². The van der Waals surface area contributed by atoms with Crippen LogP contribution in [0.5, 0.6) is 0 Å². The van der Waals surface area contributed by atoms with E-state index < -0.39 is 0 Å². The molecule has 3 aliphatic rings.